The summed E-state index contributed by atoms with van der Waals surface area (Å²) in [5, 5.41) is 0. The van der Waals surface area contributed by atoms with Crippen LogP contribution in [0.3, 0.4) is 0 Å². The van der Waals surface area contributed by atoms with Gasteiger partial charge in [-0.1, -0.05) is 57.5 Å². The van der Waals surface area contributed by atoms with Gasteiger partial charge in [0.2, 0.25) is 16.9 Å². The highest BCUT2D eigenvalue weighted by Crippen LogP contribution is 2.53. The van der Waals surface area contributed by atoms with E-state index in [9.17, 15) is 0 Å². The second-order valence-electron chi connectivity index (χ2n) is 15.4. The Bertz CT molecular complexity index is 2000. The van der Waals surface area contributed by atoms with Gasteiger partial charge in [0.1, 0.15) is 11.7 Å². The van der Waals surface area contributed by atoms with Crippen LogP contribution >= 0.6 is 0 Å². The molecule has 2 aromatic heterocycles. The highest BCUT2D eigenvalue weighted by molar-refractivity contribution is 5.76. The van der Waals surface area contributed by atoms with E-state index in [-0.39, 0.29) is 11.0 Å². The zero-order valence-electron chi connectivity index (χ0n) is 29.9. The number of hydrogen-bond acceptors (Lipinski definition) is 1. The van der Waals surface area contributed by atoms with Gasteiger partial charge in [0.25, 0.3) is 0 Å². The normalized spacial score (nSPS) is 23.9. The fraction of sp³-hybridized carbons (Fsp3) is 0.444. The molecule has 0 saturated heterocycles. The lowest BCUT2D eigenvalue weighted by Gasteiger charge is -2.48. The van der Waals surface area contributed by atoms with Crippen LogP contribution in [0.25, 0.3) is 33.5 Å². The number of unbranched alkanes of at least 4 members (excludes halogenated alkanes) is 1. The Kier molecular flexibility index (Phi) is 8.01. The summed E-state index contributed by atoms with van der Waals surface area (Å²) in [5.41, 5.74) is 15.2. The molecule has 2 atom stereocenters. The maximum Gasteiger partial charge on any atom is 0.231 e. The molecule has 3 heteroatoms. The van der Waals surface area contributed by atoms with E-state index < -0.39 is 0 Å². The lowest BCUT2D eigenvalue weighted by molar-refractivity contribution is -0.768. The van der Waals surface area contributed by atoms with Gasteiger partial charge in [-0.05, 0) is 116 Å². The summed E-state index contributed by atoms with van der Waals surface area (Å²) >= 11 is 0. The smallest absolute Gasteiger partial charge is 0.231 e. The minimum atomic E-state index is -0.0702. The summed E-state index contributed by atoms with van der Waals surface area (Å²) in [4.78, 5) is 5.21. The predicted molar refractivity (Wildman–Crippen MR) is 197 cm³/mol. The molecule has 2 unspecified atom stereocenters. The predicted octanol–water partition coefficient (Wildman–Crippen LogP) is 10.4. The van der Waals surface area contributed by atoms with E-state index in [1.807, 2.05) is 0 Å². The summed E-state index contributed by atoms with van der Waals surface area (Å²) in [7, 11) is 0. The van der Waals surface area contributed by atoms with Crippen molar-refractivity contribution in [2.75, 3.05) is 0 Å². The Balaban J connectivity index is 1.33. The lowest BCUT2D eigenvalue weighted by Crippen LogP contribution is -2.69. The molecule has 3 aliphatic carbocycles. The van der Waals surface area contributed by atoms with Gasteiger partial charge in [0, 0.05) is 38.0 Å². The molecule has 0 spiro atoms. The minimum Gasteiger partial charge on any atom is -0.243 e. The molecule has 0 N–H and O–H groups in total. The number of rotatable bonds is 9. The van der Waals surface area contributed by atoms with Gasteiger partial charge in [-0.2, -0.15) is 9.13 Å². The third-order valence-corrected chi connectivity index (χ3v) is 13.3. The Morgan fingerprint density at radius 2 is 1.54 bits per heavy atom. The molecule has 3 heterocycles. The quantitative estimate of drug-likeness (QED) is 0.148. The van der Waals surface area contributed by atoms with Gasteiger partial charge < -0.3 is 0 Å². The van der Waals surface area contributed by atoms with Crippen LogP contribution in [-0.2, 0) is 23.9 Å². The first kappa shape index (κ1) is 31.4. The third-order valence-electron chi connectivity index (χ3n) is 13.3. The summed E-state index contributed by atoms with van der Waals surface area (Å²) in [6, 6.07) is 28.2. The fourth-order valence-electron chi connectivity index (χ4n) is 10.3. The van der Waals surface area contributed by atoms with Crippen molar-refractivity contribution in [2.45, 2.75) is 128 Å². The number of aryl methyl sites for hydroxylation is 3. The zero-order valence-corrected chi connectivity index (χ0v) is 29.9. The van der Waals surface area contributed by atoms with Crippen molar-refractivity contribution in [1.29, 1.82) is 0 Å². The zero-order chi connectivity index (χ0) is 33.0. The monoisotopic (exact) mass is 635 g/mol. The van der Waals surface area contributed by atoms with Crippen molar-refractivity contribution < 1.29 is 9.13 Å². The topological polar surface area (TPSA) is 20.6 Å². The fourth-order valence-corrected chi connectivity index (χ4v) is 10.3. The van der Waals surface area contributed by atoms with Gasteiger partial charge in [-0.25, -0.2) is 4.98 Å². The van der Waals surface area contributed by atoms with Gasteiger partial charge in [0.05, 0.1) is 16.5 Å². The summed E-state index contributed by atoms with van der Waals surface area (Å²) in [6.45, 7) is 12.9. The van der Waals surface area contributed by atoms with Crippen molar-refractivity contribution in [3.63, 3.8) is 0 Å². The first-order valence-corrected chi connectivity index (χ1v) is 19.0. The number of aromatic nitrogens is 3. The highest BCUT2D eigenvalue weighted by Gasteiger charge is 2.59. The molecule has 1 saturated carbocycles. The number of pyridine rings is 1. The molecule has 48 heavy (non-hydrogen) atoms. The third kappa shape index (κ3) is 4.71. The molecule has 5 aromatic rings. The maximum absolute atomic E-state index is 5.21. The van der Waals surface area contributed by atoms with Crippen LogP contribution in [-0.4, -0.2) is 4.98 Å². The van der Waals surface area contributed by atoms with Crippen LogP contribution in [0.4, 0.5) is 0 Å². The van der Waals surface area contributed by atoms with Crippen molar-refractivity contribution in [3.8, 4) is 22.5 Å². The standard InChI is InChI=1S/C45H53N3/c1-6-9-15-32-18-23-36-39(27-32)45(8-3,44(5,7-2)48-25-13-12-17-41(36)48)24-26-47-42-29-38-34-21-19-33(20-22-34)37(38)28-40(42)46-30-43(47)35-16-11-10-14-31(35)4/h10-14,16-18,23,25,27-30,33-34H,6-9,15,19-22,24,26H2,1-5H3/q+2. The first-order valence-electron chi connectivity index (χ1n) is 19.0. The molecule has 4 aliphatic rings. The van der Waals surface area contributed by atoms with Gasteiger partial charge in [-0.15, -0.1) is 0 Å². The van der Waals surface area contributed by atoms with Gasteiger partial charge in [0.15, 0.2) is 18.3 Å². The highest BCUT2D eigenvalue weighted by atomic mass is 15.1. The number of benzene rings is 3. The molecule has 0 amide bonds. The van der Waals surface area contributed by atoms with Gasteiger partial charge in [-0.3, -0.25) is 0 Å². The van der Waals surface area contributed by atoms with Crippen LogP contribution in [0.5, 0.6) is 0 Å². The second kappa shape index (κ2) is 12.2. The largest absolute Gasteiger partial charge is 0.243 e. The van der Waals surface area contributed by atoms with Crippen LogP contribution in [0.2, 0.25) is 0 Å². The Labute approximate surface area is 288 Å². The van der Waals surface area contributed by atoms with E-state index in [4.69, 9.17) is 4.98 Å². The van der Waals surface area contributed by atoms with Crippen molar-refractivity contribution >= 4 is 11.0 Å². The van der Waals surface area contributed by atoms with Crippen molar-refractivity contribution in [1.82, 2.24) is 4.98 Å². The van der Waals surface area contributed by atoms with E-state index in [0.29, 0.717) is 11.8 Å². The van der Waals surface area contributed by atoms with Crippen molar-refractivity contribution in [2.24, 2.45) is 0 Å². The van der Waals surface area contributed by atoms with E-state index in [1.165, 1.54) is 77.7 Å². The Morgan fingerprint density at radius 3 is 2.27 bits per heavy atom. The average molecular weight is 636 g/mol. The molecule has 1 fully saturated rings. The van der Waals surface area contributed by atoms with E-state index in [0.717, 1.165) is 37.7 Å². The molecular formula is C45H53N3+2. The average Bonchev–Trinajstić information content (AvgIpc) is 3.14. The summed E-state index contributed by atoms with van der Waals surface area (Å²) in [6.07, 6.45) is 16.7. The molecular weight excluding hydrogens is 583 g/mol. The maximum atomic E-state index is 5.21. The lowest BCUT2D eigenvalue weighted by atomic mass is 9.57. The van der Waals surface area contributed by atoms with Crippen LogP contribution in [0.15, 0.2) is 85.2 Å². The number of hydrogen-bond donors (Lipinski definition) is 0. The van der Waals surface area contributed by atoms with Crippen LogP contribution in [0, 0.1) is 6.92 Å². The van der Waals surface area contributed by atoms with Crippen LogP contribution in [0.1, 0.15) is 125 Å². The number of fused-ring (bicyclic) bond motifs is 6. The molecule has 0 radical (unpaired) electrons. The van der Waals surface area contributed by atoms with E-state index in [1.54, 1.807) is 16.7 Å². The molecule has 9 rings (SSSR count). The summed E-state index contributed by atoms with van der Waals surface area (Å²) < 4.78 is 5.31. The van der Waals surface area contributed by atoms with Gasteiger partial charge >= 0.3 is 0 Å². The first-order chi connectivity index (χ1) is 23.4. The molecule has 3 aromatic carbocycles. The summed E-state index contributed by atoms with van der Waals surface area (Å²) in [5.74, 6) is 1.42. The van der Waals surface area contributed by atoms with E-state index >= 15 is 0 Å². The van der Waals surface area contributed by atoms with E-state index in [2.05, 4.69) is 129 Å². The minimum absolute atomic E-state index is 0.0444. The molecule has 3 nitrogen and oxygen atoms in total. The number of nitrogens with zero attached hydrogens (tertiary/aromatic N) is 3. The Hall–Kier alpha value is -3.85. The SMILES string of the molecule is CCCCc1ccc2c(c1)C(CC)(CC[n+]1c(-c3ccccc3C)cnc3cc4c(cc31)C1CCC4CC1)C(C)(CC)[n+]1ccccc1-2. The van der Waals surface area contributed by atoms with Crippen molar-refractivity contribution in [3.05, 3.63) is 113 Å². The second-order valence-corrected chi connectivity index (χ2v) is 15.4. The Morgan fingerprint density at radius 1 is 0.792 bits per heavy atom. The molecule has 2 bridgehead atoms. The molecule has 1 aliphatic heterocycles. The van der Waals surface area contributed by atoms with Crippen LogP contribution < -0.4 is 9.13 Å². The molecule has 246 valence electrons.